The Balaban J connectivity index is 0.000000133. The Morgan fingerprint density at radius 2 is 0.862 bits per heavy atom. The van der Waals surface area contributed by atoms with Crippen molar-refractivity contribution >= 4 is 73.5 Å². The van der Waals surface area contributed by atoms with Crippen LogP contribution in [0.3, 0.4) is 0 Å². The number of likely N-dealkylation sites (tertiary alicyclic amines) is 1. The van der Waals surface area contributed by atoms with Crippen molar-refractivity contribution in [2.24, 2.45) is 5.92 Å². The van der Waals surface area contributed by atoms with Crippen molar-refractivity contribution in [3.63, 3.8) is 0 Å². The number of hydrogen-bond acceptors (Lipinski definition) is 22. The van der Waals surface area contributed by atoms with Gasteiger partial charge in [-0.05, 0) is 169 Å². The van der Waals surface area contributed by atoms with E-state index < -0.39 is 9.84 Å². The maximum atomic E-state index is 12.8. The number of aromatic nitrogens is 18. The van der Waals surface area contributed by atoms with Gasteiger partial charge in [-0.1, -0.05) is 228 Å². The molecule has 0 radical (unpaired) electrons. The fourth-order valence-corrected chi connectivity index (χ4v) is 18.7. The number of anilines is 5. The zero-order valence-corrected chi connectivity index (χ0v) is 83.1. The lowest BCUT2D eigenvalue weighted by atomic mass is 9.86. The average molecular weight is 1900 g/mol. The van der Waals surface area contributed by atoms with Crippen LogP contribution in [0.5, 0.6) is 0 Å². The van der Waals surface area contributed by atoms with E-state index in [0.717, 1.165) is 146 Å². The first-order valence-electron chi connectivity index (χ1n) is 47.5. The molecular formula is C105H126ClN25O6S. The monoisotopic (exact) mass is 1900 g/mol. The fraction of sp³-hybridized carbons (Fsp3) is 0.381. The quantitative estimate of drug-likeness (QED) is 0.0266. The maximum Gasteiger partial charge on any atom is 0.266 e. The molecule has 16 aromatic rings. The number of nitrogens with one attached hydrogen (secondary N) is 10. The minimum absolute atomic E-state index is 0.0000479. The van der Waals surface area contributed by atoms with E-state index >= 15 is 0 Å². The van der Waals surface area contributed by atoms with Crippen molar-refractivity contribution in [1.29, 1.82) is 0 Å². The SMILES string of the molecule is CC(C)(C)c1ccc(-c2nc(NC3CCC(NCc4ccccc4)CC3)n3[nH]c(=O)cc3n2)cc1.Cc1cc(NCC2CN(c3nc(-c4ccc(C(C)(C)C)cc4)nc4cc(=O)[nH]n34)C2)ccc1Cl.Cc1ccc(S(=O)(=O)CCCNc2nc(-c3ccc(C(C)(C)C)cc3)nc3cc(=O)[nH]n23)cc1C.Cc1ncc(CN2CCC(Nc3nc(-c4ccc(C(C)(C)C)cc4)nc4cc(=O)[nH]n34)CC2)[nH]1. The van der Waals surface area contributed by atoms with Crippen molar-refractivity contribution in [2.45, 2.75) is 213 Å². The van der Waals surface area contributed by atoms with Crippen molar-refractivity contribution in [1.82, 2.24) is 98.5 Å². The molecule has 11 heterocycles. The summed E-state index contributed by atoms with van der Waals surface area (Å²) in [6, 6.07) is 61.9. The van der Waals surface area contributed by atoms with Crippen LogP contribution >= 0.6 is 11.6 Å². The normalized spacial score (nSPS) is 15.3. The number of nitrogens with zero attached hydrogens (tertiary/aromatic N) is 15. The number of aromatic amines is 5. The minimum Gasteiger partial charge on any atom is -0.385 e. The Bertz CT molecular complexity index is 7330. The third-order valence-corrected chi connectivity index (χ3v) is 27.9. The molecule has 720 valence electrons. The van der Waals surface area contributed by atoms with Crippen molar-refractivity contribution in [3.8, 4) is 45.6 Å². The molecule has 19 rings (SSSR count). The number of imidazole rings is 1. The molecule has 31 nitrogen and oxygen atoms in total. The van der Waals surface area contributed by atoms with E-state index in [2.05, 4.69) is 296 Å². The number of fused-ring (bicyclic) bond motifs is 4. The summed E-state index contributed by atoms with van der Waals surface area (Å²) < 4.78 is 32.0. The van der Waals surface area contributed by atoms with Crippen LogP contribution in [0.15, 0.2) is 218 Å². The van der Waals surface area contributed by atoms with Gasteiger partial charge in [0.05, 0.1) is 10.6 Å². The summed E-state index contributed by atoms with van der Waals surface area (Å²) in [5, 5.41) is 29.5. The molecule has 7 aromatic carbocycles. The molecule has 3 fully saturated rings. The van der Waals surface area contributed by atoms with Gasteiger partial charge in [-0.15, -0.1) is 0 Å². The van der Waals surface area contributed by atoms with Gasteiger partial charge < -0.3 is 36.5 Å². The number of sulfone groups is 1. The minimum atomic E-state index is -3.40. The van der Waals surface area contributed by atoms with E-state index in [1.807, 2.05) is 64.2 Å². The highest BCUT2D eigenvalue weighted by atomic mass is 35.5. The van der Waals surface area contributed by atoms with Crippen LogP contribution in [0, 0.1) is 33.6 Å². The highest BCUT2D eigenvalue weighted by molar-refractivity contribution is 7.91. The van der Waals surface area contributed by atoms with E-state index in [9.17, 15) is 27.6 Å². The summed E-state index contributed by atoms with van der Waals surface area (Å²) >= 11 is 6.13. The number of aryl methyl sites for hydroxylation is 4. The number of benzene rings is 7. The van der Waals surface area contributed by atoms with Crippen molar-refractivity contribution in [2.75, 3.05) is 71.2 Å². The number of rotatable bonds is 23. The largest absolute Gasteiger partial charge is 0.385 e. The van der Waals surface area contributed by atoms with Gasteiger partial charge >= 0.3 is 0 Å². The second kappa shape index (κ2) is 40.9. The number of H-pyrrole nitrogens is 5. The fourth-order valence-electron chi connectivity index (χ4n) is 17.2. The first-order valence-corrected chi connectivity index (χ1v) is 49.5. The third kappa shape index (κ3) is 24.1. The lowest BCUT2D eigenvalue weighted by Gasteiger charge is -2.40. The predicted octanol–water partition coefficient (Wildman–Crippen LogP) is 17.6. The smallest absolute Gasteiger partial charge is 0.266 e. The highest BCUT2D eigenvalue weighted by Gasteiger charge is 2.32. The summed E-state index contributed by atoms with van der Waals surface area (Å²) in [6.45, 7) is 40.7. The molecule has 0 unspecified atom stereocenters. The molecule has 1 aliphatic carbocycles. The van der Waals surface area contributed by atoms with Crippen LogP contribution in [-0.2, 0) is 44.6 Å². The third-order valence-electron chi connectivity index (χ3n) is 25.7. The lowest BCUT2D eigenvalue weighted by molar-refractivity contribution is 0.209. The van der Waals surface area contributed by atoms with E-state index in [1.165, 1.54) is 56.6 Å². The lowest BCUT2D eigenvalue weighted by Crippen LogP contribution is -2.51. The van der Waals surface area contributed by atoms with Gasteiger partial charge in [0.1, 0.15) is 5.82 Å². The summed E-state index contributed by atoms with van der Waals surface area (Å²) in [5.41, 5.74) is 16.7. The average Bonchev–Trinajstić information content (AvgIpc) is 1.64. The van der Waals surface area contributed by atoms with Crippen LogP contribution in [0.4, 0.5) is 29.5 Å². The molecule has 10 N–H and O–H groups in total. The van der Waals surface area contributed by atoms with Crippen LogP contribution in [0.1, 0.15) is 184 Å². The summed E-state index contributed by atoms with van der Waals surface area (Å²) in [6.07, 6.45) is 8.54. The second-order valence-electron chi connectivity index (χ2n) is 40.7. The summed E-state index contributed by atoms with van der Waals surface area (Å²) in [7, 11) is -3.40. The maximum absolute atomic E-state index is 12.8. The Morgan fingerprint density at radius 3 is 1.30 bits per heavy atom. The second-order valence-corrected chi connectivity index (χ2v) is 43.3. The summed E-state index contributed by atoms with van der Waals surface area (Å²) in [5.74, 6) is 6.09. The molecule has 0 atom stereocenters. The van der Waals surface area contributed by atoms with Gasteiger partial charge in [-0.2, -0.15) is 19.9 Å². The Hall–Kier alpha value is -13.7. The first-order chi connectivity index (χ1) is 65.7. The topological polar surface area (TPSA) is 382 Å². The Morgan fingerprint density at radius 1 is 0.435 bits per heavy atom. The molecule has 3 aliphatic rings. The van der Waals surface area contributed by atoms with Gasteiger partial charge in [0.2, 0.25) is 23.8 Å². The Labute approximate surface area is 808 Å². The van der Waals surface area contributed by atoms with Crippen LogP contribution in [0.25, 0.3) is 68.1 Å². The molecule has 9 aromatic heterocycles. The predicted molar refractivity (Wildman–Crippen MR) is 551 cm³/mol. The molecule has 2 aliphatic heterocycles. The molecule has 33 heteroatoms. The first kappa shape index (κ1) is 97.4. The molecule has 0 bridgehead atoms. The van der Waals surface area contributed by atoms with E-state index in [4.69, 9.17) is 26.6 Å². The molecule has 0 amide bonds. The van der Waals surface area contributed by atoms with Crippen LogP contribution < -0.4 is 53.7 Å². The van der Waals surface area contributed by atoms with Gasteiger partial charge in [-0.3, -0.25) is 44.5 Å². The van der Waals surface area contributed by atoms with Crippen LogP contribution in [-0.4, -0.2) is 165 Å². The van der Waals surface area contributed by atoms with E-state index in [0.29, 0.717) is 106 Å². The standard InChI is InChI=1S/C28H34N6O.C26H29ClN6O.C26H31N5O3S.C25H32N8O/c1-28(2,3)21-11-9-20(10-12-21)26-31-24-17-25(35)33-34(24)27(32-26)30-23-15-13-22(14-16-23)29-18-19-7-5-4-6-8-19;1-16-11-20(9-10-21(16)27)28-13-17-14-32(15-17)25-30-24(29-22-12-23(34)31-33(22)25)18-5-7-19(8-6-18)26(2,3)4;1-17-7-12-21(15-18(17)2)35(33,34)14-6-13-27-25-29-24(28-22-16-23(32)30-31(22)25)19-8-10-20(11-9-19)26(3,4)5;1-16-26-14-20(27-16)15-32-11-9-19(10-12-32)28-24-30-23(29-21-13-22(34)31-33(21)24)17-5-7-18(8-6-17)25(2,3)4/h4-12,17,22-23,29H,13-16,18H2,1-3H3,(H,33,35)(H,30,31,32);5-12,17,28H,13-15H2,1-4H3,(H,31,34);7-12,15-16H,6,13-14H2,1-5H3,(H,30,32)(H,27,28,29);5-8,13-14,19H,9-12,15H2,1-4H3,(H,26,27)(H,31,34)(H,28,29,30). The highest BCUT2D eigenvalue weighted by Crippen LogP contribution is 2.35. The number of halogens is 1. The van der Waals surface area contributed by atoms with Gasteiger partial charge in [-0.25, -0.2) is 51.4 Å². The van der Waals surface area contributed by atoms with Crippen LogP contribution in [0.2, 0.25) is 5.02 Å². The molecular weight excluding hydrogens is 1770 g/mol. The van der Waals surface area contributed by atoms with Gasteiger partial charge in [0, 0.05) is 146 Å². The summed E-state index contributed by atoms with van der Waals surface area (Å²) in [4.78, 5) is 98.3. The van der Waals surface area contributed by atoms with E-state index in [1.54, 1.807) is 25.7 Å². The number of hydrogen-bond donors (Lipinski definition) is 10. The molecule has 0 spiro atoms. The van der Waals surface area contributed by atoms with Crippen molar-refractivity contribution < 1.29 is 8.42 Å². The molecule has 2 saturated heterocycles. The van der Waals surface area contributed by atoms with E-state index in [-0.39, 0.29) is 55.7 Å². The Kier molecular flexibility index (Phi) is 28.9. The molecule has 1 saturated carbocycles. The molecule has 138 heavy (non-hydrogen) atoms. The van der Waals surface area contributed by atoms with Gasteiger partial charge in [0.15, 0.2) is 55.7 Å². The zero-order chi connectivity index (χ0) is 97.7. The van der Waals surface area contributed by atoms with Crippen molar-refractivity contribution in [3.05, 3.63) is 297 Å². The zero-order valence-electron chi connectivity index (χ0n) is 81.5. The van der Waals surface area contributed by atoms with Gasteiger partial charge in [0.25, 0.3) is 22.2 Å². The number of piperidine rings is 1.